The first-order valence-corrected chi connectivity index (χ1v) is 7.94. The molecule has 1 aromatic carbocycles. The highest BCUT2D eigenvalue weighted by Gasteiger charge is 2.33. The van der Waals surface area contributed by atoms with Crippen molar-refractivity contribution in [3.8, 4) is 11.8 Å². The number of para-hydroxylation sites is 1. The van der Waals surface area contributed by atoms with Gasteiger partial charge in [-0.1, -0.05) is 24.1 Å². The van der Waals surface area contributed by atoms with Gasteiger partial charge >= 0.3 is 0 Å². The van der Waals surface area contributed by atoms with Crippen molar-refractivity contribution in [3.63, 3.8) is 0 Å². The predicted octanol–water partition coefficient (Wildman–Crippen LogP) is 3.29. The van der Waals surface area contributed by atoms with Gasteiger partial charge in [0.25, 0.3) is 0 Å². The Bertz CT molecular complexity index is 890. The van der Waals surface area contributed by atoms with Crippen molar-refractivity contribution in [2.24, 2.45) is 0 Å². The molecule has 122 valence electrons. The van der Waals surface area contributed by atoms with Gasteiger partial charge in [0.2, 0.25) is 0 Å². The number of rotatable bonds is 5. The molecule has 0 amide bonds. The molecule has 1 unspecified atom stereocenters. The third-order valence-corrected chi connectivity index (χ3v) is 4.01. The molecule has 4 nitrogen and oxygen atoms in total. The second-order valence-corrected chi connectivity index (χ2v) is 5.46. The zero-order valence-electron chi connectivity index (χ0n) is 13.9. The standard InChI is InChI=1S/C20H20N2O2/c1-3-11-20(23,17-9-12-21-13-10-17)19-14-16-7-5-6-8-18(16)22(19)15-24-4-2/h5-10,12-14,23H,4,15H2,1-2H3. The minimum absolute atomic E-state index is 0.359. The second kappa shape index (κ2) is 6.88. The zero-order chi connectivity index (χ0) is 17.0. The lowest BCUT2D eigenvalue weighted by atomic mass is 9.91. The number of aromatic nitrogens is 2. The minimum Gasteiger partial charge on any atom is -0.368 e. The van der Waals surface area contributed by atoms with Gasteiger partial charge < -0.3 is 14.4 Å². The predicted molar refractivity (Wildman–Crippen MR) is 94.2 cm³/mol. The Labute approximate surface area is 141 Å². The second-order valence-electron chi connectivity index (χ2n) is 5.46. The SMILES string of the molecule is CC#CC(O)(c1ccncc1)c1cc2ccccc2n1COCC. The van der Waals surface area contributed by atoms with Crippen LogP contribution in [0.5, 0.6) is 0 Å². The maximum absolute atomic E-state index is 11.5. The summed E-state index contributed by atoms with van der Waals surface area (Å²) in [6.45, 7) is 4.63. The van der Waals surface area contributed by atoms with E-state index in [0.29, 0.717) is 24.6 Å². The van der Waals surface area contributed by atoms with Crippen LogP contribution in [0.4, 0.5) is 0 Å². The molecule has 0 aliphatic carbocycles. The van der Waals surface area contributed by atoms with Gasteiger partial charge in [0.15, 0.2) is 5.60 Å². The van der Waals surface area contributed by atoms with Crippen molar-refractivity contribution in [2.45, 2.75) is 26.2 Å². The van der Waals surface area contributed by atoms with Crippen LogP contribution in [-0.4, -0.2) is 21.3 Å². The molecular formula is C20H20N2O2. The van der Waals surface area contributed by atoms with Crippen molar-refractivity contribution in [2.75, 3.05) is 6.61 Å². The number of nitrogens with zero attached hydrogens (tertiary/aromatic N) is 2. The van der Waals surface area contributed by atoms with E-state index in [9.17, 15) is 5.11 Å². The molecule has 0 fully saturated rings. The van der Waals surface area contributed by atoms with Gasteiger partial charge in [-0.15, -0.1) is 5.92 Å². The number of pyridine rings is 1. The Balaban J connectivity index is 2.26. The lowest BCUT2D eigenvalue weighted by Crippen LogP contribution is -2.29. The smallest absolute Gasteiger partial charge is 0.192 e. The number of ether oxygens (including phenoxy) is 1. The minimum atomic E-state index is -1.42. The van der Waals surface area contributed by atoms with E-state index >= 15 is 0 Å². The molecule has 0 radical (unpaired) electrons. The molecule has 0 bridgehead atoms. The molecule has 0 spiro atoms. The Hall–Kier alpha value is -2.61. The van der Waals surface area contributed by atoms with Crippen molar-refractivity contribution < 1.29 is 9.84 Å². The third kappa shape index (κ3) is 2.80. The summed E-state index contributed by atoms with van der Waals surface area (Å²) in [7, 11) is 0. The van der Waals surface area contributed by atoms with Gasteiger partial charge in [-0.05, 0) is 38.1 Å². The Morgan fingerprint density at radius 3 is 2.67 bits per heavy atom. The largest absolute Gasteiger partial charge is 0.368 e. The molecule has 24 heavy (non-hydrogen) atoms. The van der Waals surface area contributed by atoms with Crippen LogP contribution in [0.3, 0.4) is 0 Å². The van der Waals surface area contributed by atoms with Gasteiger partial charge in [-0.2, -0.15) is 0 Å². The fourth-order valence-corrected chi connectivity index (χ4v) is 2.89. The van der Waals surface area contributed by atoms with Crippen LogP contribution < -0.4 is 0 Å². The average molecular weight is 320 g/mol. The van der Waals surface area contributed by atoms with Crippen molar-refractivity contribution in [1.82, 2.24) is 9.55 Å². The van der Waals surface area contributed by atoms with E-state index in [1.54, 1.807) is 31.5 Å². The van der Waals surface area contributed by atoms with E-state index in [1.807, 2.05) is 41.8 Å². The molecule has 0 aliphatic rings. The van der Waals surface area contributed by atoms with Crippen LogP contribution in [0.2, 0.25) is 0 Å². The summed E-state index contributed by atoms with van der Waals surface area (Å²) in [5.74, 6) is 5.83. The quantitative estimate of drug-likeness (QED) is 0.734. The number of hydrogen-bond acceptors (Lipinski definition) is 3. The molecular weight excluding hydrogens is 300 g/mol. The topological polar surface area (TPSA) is 47.3 Å². The number of benzene rings is 1. The average Bonchev–Trinajstić information content (AvgIpc) is 3.00. The monoisotopic (exact) mass is 320 g/mol. The van der Waals surface area contributed by atoms with Crippen LogP contribution in [0.25, 0.3) is 10.9 Å². The lowest BCUT2D eigenvalue weighted by Gasteiger charge is -2.25. The van der Waals surface area contributed by atoms with Crippen LogP contribution in [-0.2, 0) is 17.1 Å². The number of aliphatic hydroxyl groups is 1. The number of hydrogen-bond donors (Lipinski definition) is 1. The van der Waals surface area contributed by atoms with Crippen LogP contribution in [0, 0.1) is 11.8 Å². The third-order valence-electron chi connectivity index (χ3n) is 4.01. The highest BCUT2D eigenvalue weighted by molar-refractivity contribution is 5.82. The normalized spacial score (nSPS) is 13.3. The van der Waals surface area contributed by atoms with Crippen LogP contribution >= 0.6 is 0 Å². The summed E-state index contributed by atoms with van der Waals surface area (Å²) in [4.78, 5) is 4.04. The van der Waals surface area contributed by atoms with Crippen LogP contribution in [0.1, 0.15) is 25.1 Å². The van der Waals surface area contributed by atoms with E-state index in [-0.39, 0.29) is 0 Å². The van der Waals surface area contributed by atoms with Gasteiger partial charge in [0, 0.05) is 30.0 Å². The summed E-state index contributed by atoms with van der Waals surface area (Å²) in [5.41, 5.74) is 0.963. The first-order valence-electron chi connectivity index (χ1n) is 7.94. The highest BCUT2D eigenvalue weighted by Crippen LogP contribution is 2.33. The summed E-state index contributed by atoms with van der Waals surface area (Å²) in [6.07, 6.45) is 3.32. The van der Waals surface area contributed by atoms with Crippen molar-refractivity contribution in [1.29, 1.82) is 0 Å². The Morgan fingerprint density at radius 2 is 1.96 bits per heavy atom. The summed E-state index contributed by atoms with van der Waals surface area (Å²) < 4.78 is 7.60. The van der Waals surface area contributed by atoms with E-state index in [4.69, 9.17) is 4.74 Å². The summed E-state index contributed by atoms with van der Waals surface area (Å²) >= 11 is 0. The van der Waals surface area contributed by atoms with E-state index in [2.05, 4.69) is 16.8 Å². The maximum Gasteiger partial charge on any atom is 0.192 e. The molecule has 0 saturated heterocycles. The lowest BCUT2D eigenvalue weighted by molar-refractivity contribution is 0.0740. The van der Waals surface area contributed by atoms with Gasteiger partial charge in [-0.3, -0.25) is 4.98 Å². The molecule has 4 heteroatoms. The van der Waals surface area contributed by atoms with Gasteiger partial charge in [0.1, 0.15) is 6.73 Å². The van der Waals surface area contributed by atoms with E-state index < -0.39 is 5.60 Å². The Morgan fingerprint density at radius 1 is 1.21 bits per heavy atom. The highest BCUT2D eigenvalue weighted by atomic mass is 16.5. The van der Waals surface area contributed by atoms with E-state index in [0.717, 1.165) is 10.9 Å². The van der Waals surface area contributed by atoms with Crippen LogP contribution in [0.15, 0.2) is 54.9 Å². The first-order chi connectivity index (χ1) is 11.7. The number of fused-ring (bicyclic) bond motifs is 1. The molecule has 1 N–H and O–H groups in total. The molecule has 0 saturated carbocycles. The molecule has 0 aliphatic heterocycles. The fraction of sp³-hybridized carbons (Fsp3) is 0.250. The molecule has 2 heterocycles. The molecule has 3 rings (SSSR count). The Kier molecular flexibility index (Phi) is 4.66. The zero-order valence-corrected chi connectivity index (χ0v) is 13.9. The first kappa shape index (κ1) is 16.3. The molecule has 2 aromatic heterocycles. The van der Waals surface area contributed by atoms with Gasteiger partial charge in [0.05, 0.1) is 11.2 Å². The van der Waals surface area contributed by atoms with E-state index in [1.165, 1.54) is 0 Å². The summed E-state index contributed by atoms with van der Waals surface area (Å²) in [6, 6.07) is 13.5. The molecule has 1 atom stereocenters. The fourth-order valence-electron chi connectivity index (χ4n) is 2.89. The maximum atomic E-state index is 11.5. The summed E-state index contributed by atoms with van der Waals surface area (Å²) in [5, 5.41) is 12.5. The van der Waals surface area contributed by atoms with Gasteiger partial charge in [-0.25, -0.2) is 0 Å². The van der Waals surface area contributed by atoms with Crippen molar-refractivity contribution >= 4 is 10.9 Å². The molecule has 3 aromatic rings. The van der Waals surface area contributed by atoms with Crippen molar-refractivity contribution in [3.05, 3.63) is 66.1 Å².